The number of benzene rings is 1. The minimum Gasteiger partial charge on any atom is -0.465 e. The molecule has 1 aromatic carbocycles. The first-order valence-corrected chi connectivity index (χ1v) is 10.7. The molecule has 0 spiro atoms. The number of nitrogens with one attached hydrogen (secondary N) is 1. The summed E-state index contributed by atoms with van der Waals surface area (Å²) in [7, 11) is 0. The van der Waals surface area contributed by atoms with Gasteiger partial charge < -0.3 is 18.9 Å². The van der Waals surface area contributed by atoms with Gasteiger partial charge in [-0.2, -0.15) is 0 Å². The zero-order chi connectivity index (χ0) is 25.0. The van der Waals surface area contributed by atoms with Gasteiger partial charge in [0.2, 0.25) is 0 Å². The zero-order valence-corrected chi connectivity index (χ0v) is 19.9. The van der Waals surface area contributed by atoms with Crippen molar-refractivity contribution < 1.29 is 38.1 Å². The summed E-state index contributed by atoms with van der Waals surface area (Å²) in [6.45, 7) is 11.9. The van der Waals surface area contributed by atoms with Gasteiger partial charge in [0.05, 0.1) is 17.9 Å². The second kappa shape index (κ2) is 13.2. The molecule has 33 heavy (non-hydrogen) atoms. The summed E-state index contributed by atoms with van der Waals surface area (Å²) in [5.41, 5.74) is -0.357. The van der Waals surface area contributed by atoms with E-state index in [1.54, 1.807) is 20.8 Å². The molecular formula is C24H33NO8. The standard InChI is InChI=1S/C24H33NO8/c1-7-8-13-31-22(28)24(5,6)17(4)21(27)30-14-15-32-23(29)25-18-9-11-19(12-10-18)33-20(26)16(2)3/h9-12,17H,2,7-8,13-15H2,1,3-6H3,(H,25,29). The molecule has 1 N–H and O–H groups in total. The van der Waals surface area contributed by atoms with Crippen molar-refractivity contribution in [1.82, 2.24) is 0 Å². The van der Waals surface area contributed by atoms with E-state index < -0.39 is 35.3 Å². The Hall–Kier alpha value is -3.36. The van der Waals surface area contributed by atoms with E-state index in [0.717, 1.165) is 12.8 Å². The largest absolute Gasteiger partial charge is 0.465 e. The number of anilines is 1. The predicted octanol–water partition coefficient (Wildman–Crippen LogP) is 4.27. The van der Waals surface area contributed by atoms with Crippen molar-refractivity contribution in [1.29, 1.82) is 0 Å². The van der Waals surface area contributed by atoms with E-state index in [1.165, 1.54) is 31.2 Å². The average Bonchev–Trinajstić information content (AvgIpc) is 2.77. The Morgan fingerprint density at radius 3 is 2.18 bits per heavy atom. The monoisotopic (exact) mass is 463 g/mol. The minimum atomic E-state index is -1.05. The van der Waals surface area contributed by atoms with E-state index in [0.29, 0.717) is 18.0 Å². The molecule has 182 valence electrons. The Kier molecular flexibility index (Phi) is 11.1. The molecule has 0 aromatic heterocycles. The molecule has 0 aliphatic carbocycles. The van der Waals surface area contributed by atoms with Crippen LogP contribution < -0.4 is 10.1 Å². The third-order valence-electron chi connectivity index (χ3n) is 4.91. The van der Waals surface area contributed by atoms with Gasteiger partial charge >= 0.3 is 24.0 Å². The van der Waals surface area contributed by atoms with Crippen molar-refractivity contribution in [3.8, 4) is 5.75 Å². The van der Waals surface area contributed by atoms with Crippen LogP contribution in [0.25, 0.3) is 0 Å². The van der Waals surface area contributed by atoms with Crippen LogP contribution in [0.1, 0.15) is 47.5 Å². The third-order valence-corrected chi connectivity index (χ3v) is 4.91. The minimum absolute atomic E-state index is 0.159. The first-order valence-electron chi connectivity index (χ1n) is 10.7. The van der Waals surface area contributed by atoms with Gasteiger partial charge in [-0.3, -0.25) is 14.9 Å². The molecule has 0 radical (unpaired) electrons. The smallest absolute Gasteiger partial charge is 0.411 e. The van der Waals surface area contributed by atoms with Gasteiger partial charge in [-0.15, -0.1) is 0 Å². The van der Waals surface area contributed by atoms with Crippen molar-refractivity contribution in [3.05, 3.63) is 36.4 Å². The molecule has 0 aliphatic heterocycles. The first kappa shape index (κ1) is 27.7. The molecule has 0 aliphatic rings. The lowest BCUT2D eigenvalue weighted by molar-refractivity contribution is -0.167. The number of hydrogen-bond acceptors (Lipinski definition) is 8. The average molecular weight is 464 g/mol. The molecule has 1 amide bonds. The highest BCUT2D eigenvalue weighted by molar-refractivity contribution is 5.89. The molecule has 1 aromatic rings. The third kappa shape index (κ3) is 9.34. The van der Waals surface area contributed by atoms with Gasteiger partial charge in [-0.1, -0.05) is 26.8 Å². The highest BCUT2D eigenvalue weighted by Gasteiger charge is 2.40. The molecule has 9 nitrogen and oxygen atoms in total. The van der Waals surface area contributed by atoms with Gasteiger partial charge in [-0.25, -0.2) is 9.59 Å². The Balaban J connectivity index is 2.39. The molecule has 0 saturated carbocycles. The van der Waals surface area contributed by atoms with Crippen molar-refractivity contribution >= 4 is 29.7 Å². The number of ether oxygens (including phenoxy) is 4. The number of hydrogen-bond donors (Lipinski definition) is 1. The quantitative estimate of drug-likeness (QED) is 0.161. The maximum atomic E-state index is 12.3. The lowest BCUT2D eigenvalue weighted by atomic mass is 9.80. The van der Waals surface area contributed by atoms with E-state index in [-0.39, 0.29) is 18.8 Å². The van der Waals surface area contributed by atoms with Crippen LogP contribution in [0.15, 0.2) is 36.4 Å². The lowest BCUT2D eigenvalue weighted by Gasteiger charge is -2.27. The van der Waals surface area contributed by atoms with Gasteiger partial charge in [0.1, 0.15) is 19.0 Å². The van der Waals surface area contributed by atoms with Gasteiger partial charge in [0, 0.05) is 11.3 Å². The molecule has 0 saturated heterocycles. The Morgan fingerprint density at radius 1 is 1.00 bits per heavy atom. The Bertz CT molecular complexity index is 845. The van der Waals surface area contributed by atoms with Crippen molar-refractivity contribution in [2.24, 2.45) is 11.3 Å². The molecule has 1 rings (SSSR count). The maximum absolute atomic E-state index is 12.3. The molecular weight excluding hydrogens is 430 g/mol. The van der Waals surface area contributed by atoms with Crippen LogP contribution in [0.3, 0.4) is 0 Å². The molecule has 9 heteroatoms. The summed E-state index contributed by atoms with van der Waals surface area (Å²) in [6, 6.07) is 6.08. The molecule has 0 fully saturated rings. The number of carbonyl (C=O) groups is 4. The first-order chi connectivity index (χ1) is 15.5. The number of carbonyl (C=O) groups excluding carboxylic acids is 4. The summed E-state index contributed by atoms with van der Waals surface area (Å²) in [4.78, 5) is 47.9. The summed E-state index contributed by atoms with van der Waals surface area (Å²) in [5, 5.41) is 2.50. The second-order valence-electron chi connectivity index (χ2n) is 8.06. The lowest BCUT2D eigenvalue weighted by Crippen LogP contribution is -2.38. The summed E-state index contributed by atoms with van der Waals surface area (Å²) in [5.74, 6) is -2.03. The van der Waals surface area contributed by atoms with Crippen LogP contribution >= 0.6 is 0 Å². The SMILES string of the molecule is C=C(C)C(=O)Oc1ccc(NC(=O)OCCOC(=O)C(C)C(C)(C)C(=O)OCCCC)cc1. The summed E-state index contributed by atoms with van der Waals surface area (Å²) >= 11 is 0. The highest BCUT2D eigenvalue weighted by Crippen LogP contribution is 2.29. The fourth-order valence-corrected chi connectivity index (χ4v) is 2.32. The van der Waals surface area contributed by atoms with E-state index >= 15 is 0 Å². The van der Waals surface area contributed by atoms with Crippen LogP contribution in [0, 0.1) is 11.3 Å². The Labute approximate surface area is 194 Å². The summed E-state index contributed by atoms with van der Waals surface area (Å²) < 4.78 is 20.4. The molecule has 0 bridgehead atoms. The number of rotatable bonds is 12. The summed E-state index contributed by atoms with van der Waals surface area (Å²) in [6.07, 6.45) is 0.910. The normalized spacial score (nSPS) is 11.7. The number of amides is 1. The van der Waals surface area contributed by atoms with Gasteiger partial charge in [-0.05, 0) is 51.5 Å². The molecule has 1 atom stereocenters. The zero-order valence-electron chi connectivity index (χ0n) is 19.9. The van der Waals surface area contributed by atoms with Crippen molar-refractivity contribution in [3.63, 3.8) is 0 Å². The van der Waals surface area contributed by atoms with Crippen molar-refractivity contribution in [2.75, 3.05) is 25.1 Å². The van der Waals surface area contributed by atoms with E-state index in [2.05, 4.69) is 11.9 Å². The van der Waals surface area contributed by atoms with Gasteiger partial charge in [0.15, 0.2) is 0 Å². The van der Waals surface area contributed by atoms with Crippen LogP contribution in [-0.2, 0) is 28.6 Å². The van der Waals surface area contributed by atoms with Crippen LogP contribution in [0.2, 0.25) is 0 Å². The highest BCUT2D eigenvalue weighted by atomic mass is 16.6. The van der Waals surface area contributed by atoms with Gasteiger partial charge in [0.25, 0.3) is 0 Å². The predicted molar refractivity (Wildman–Crippen MR) is 122 cm³/mol. The molecule has 0 heterocycles. The topological polar surface area (TPSA) is 117 Å². The number of unbranched alkanes of at least 4 members (excludes halogenated alkanes) is 1. The van der Waals surface area contributed by atoms with E-state index in [9.17, 15) is 19.2 Å². The van der Waals surface area contributed by atoms with Crippen LogP contribution in [0.4, 0.5) is 10.5 Å². The fraction of sp³-hybridized carbons (Fsp3) is 0.500. The fourth-order valence-electron chi connectivity index (χ4n) is 2.32. The maximum Gasteiger partial charge on any atom is 0.411 e. The number of esters is 3. The van der Waals surface area contributed by atoms with Crippen LogP contribution in [0.5, 0.6) is 5.75 Å². The second-order valence-corrected chi connectivity index (χ2v) is 8.06. The van der Waals surface area contributed by atoms with Crippen molar-refractivity contribution in [2.45, 2.75) is 47.5 Å². The van der Waals surface area contributed by atoms with E-state index in [4.69, 9.17) is 18.9 Å². The Morgan fingerprint density at radius 2 is 1.61 bits per heavy atom. The van der Waals surface area contributed by atoms with Crippen LogP contribution in [-0.4, -0.2) is 43.8 Å². The van der Waals surface area contributed by atoms with E-state index in [1.807, 2.05) is 6.92 Å². The molecule has 1 unspecified atom stereocenters.